The summed E-state index contributed by atoms with van der Waals surface area (Å²) in [7, 11) is 0. The van der Waals surface area contributed by atoms with Gasteiger partial charge in [-0.1, -0.05) is 51.3 Å². The summed E-state index contributed by atoms with van der Waals surface area (Å²) >= 11 is 0. The maximum atomic E-state index is 13.9. The van der Waals surface area contributed by atoms with Crippen LogP contribution < -0.4 is 10.6 Å². The van der Waals surface area contributed by atoms with Crippen LogP contribution in [0.15, 0.2) is 84.6 Å². The van der Waals surface area contributed by atoms with E-state index in [4.69, 9.17) is 0 Å². The Kier molecular flexibility index (Phi) is 7.73. The summed E-state index contributed by atoms with van der Waals surface area (Å²) in [5.74, 6) is -0.0675. The number of allylic oxidation sites excluding steroid dienone is 2. The number of carbonyl (C=O) groups is 2. The molecule has 4 heterocycles. The topological polar surface area (TPSA) is 79.3 Å². The van der Waals surface area contributed by atoms with E-state index < -0.39 is 0 Å². The second-order valence-electron chi connectivity index (χ2n) is 9.85. The molecule has 7 heteroatoms. The summed E-state index contributed by atoms with van der Waals surface area (Å²) in [4.78, 5) is 33.6. The number of nitrogens with one attached hydrogen (secondary N) is 2. The molecule has 0 fully saturated rings. The van der Waals surface area contributed by atoms with Gasteiger partial charge >= 0.3 is 6.03 Å². The van der Waals surface area contributed by atoms with Gasteiger partial charge in [-0.05, 0) is 42.7 Å². The second kappa shape index (κ2) is 11.5. The third kappa shape index (κ3) is 5.01. The number of hydrogen-bond acceptors (Lipinski definition) is 5. The molecule has 2 aliphatic rings. The van der Waals surface area contributed by atoms with Crippen LogP contribution in [0.3, 0.4) is 0 Å². The molecule has 196 valence electrons. The Morgan fingerprint density at radius 3 is 2.58 bits per heavy atom. The van der Waals surface area contributed by atoms with E-state index >= 15 is 0 Å². The fraction of sp³-hybridized carbons (Fsp3) is 0.323. The fourth-order valence-electron chi connectivity index (χ4n) is 5.11. The smallest absolute Gasteiger partial charge is 0.328 e. The molecule has 5 rings (SSSR count). The average molecular weight is 510 g/mol. The van der Waals surface area contributed by atoms with Crippen molar-refractivity contribution >= 4 is 28.3 Å². The Hall–Kier alpha value is -4.13. The molecule has 2 aliphatic heterocycles. The first-order valence-corrected chi connectivity index (χ1v) is 13.6. The van der Waals surface area contributed by atoms with Crippen LogP contribution in [0.5, 0.6) is 0 Å². The third-order valence-electron chi connectivity index (χ3n) is 7.24. The second-order valence-corrected chi connectivity index (χ2v) is 9.85. The zero-order valence-electron chi connectivity index (χ0n) is 22.1. The fourth-order valence-corrected chi connectivity index (χ4v) is 5.11. The highest BCUT2D eigenvalue weighted by Crippen LogP contribution is 2.32. The van der Waals surface area contributed by atoms with Crippen LogP contribution in [0.25, 0.3) is 16.5 Å². The molecule has 0 bridgehead atoms. The number of Topliss-reactive ketones (excluding diaryl/α,β-unsaturated/α-hetero) is 1. The Balaban J connectivity index is 1.43. The van der Waals surface area contributed by atoms with Gasteiger partial charge in [-0.15, -0.1) is 0 Å². The van der Waals surface area contributed by atoms with E-state index in [2.05, 4.69) is 29.5 Å². The van der Waals surface area contributed by atoms with E-state index in [0.717, 1.165) is 72.8 Å². The maximum absolute atomic E-state index is 13.9. The van der Waals surface area contributed by atoms with Crippen LogP contribution in [-0.2, 0) is 0 Å². The quantitative estimate of drug-likeness (QED) is 0.264. The van der Waals surface area contributed by atoms with Crippen LogP contribution in [-0.4, -0.2) is 45.5 Å². The minimum Gasteiger partial charge on any atom is -0.367 e. The first-order valence-electron chi connectivity index (χ1n) is 13.6. The van der Waals surface area contributed by atoms with Gasteiger partial charge in [-0.3, -0.25) is 14.3 Å². The average Bonchev–Trinajstić information content (AvgIpc) is 3.59. The van der Waals surface area contributed by atoms with E-state index in [-0.39, 0.29) is 18.0 Å². The van der Waals surface area contributed by atoms with Crippen molar-refractivity contribution in [1.82, 2.24) is 25.1 Å². The van der Waals surface area contributed by atoms with Crippen molar-refractivity contribution in [2.24, 2.45) is 0 Å². The first kappa shape index (κ1) is 25.5. The van der Waals surface area contributed by atoms with Gasteiger partial charge < -0.3 is 15.5 Å². The molecular weight excluding hydrogens is 474 g/mol. The summed E-state index contributed by atoms with van der Waals surface area (Å²) in [5.41, 5.74) is 4.81. The minimum atomic E-state index is -0.157. The molecule has 0 aliphatic carbocycles. The number of pyridine rings is 1. The van der Waals surface area contributed by atoms with Gasteiger partial charge in [0.25, 0.3) is 0 Å². The molecule has 0 saturated heterocycles. The molecule has 2 aromatic heterocycles. The van der Waals surface area contributed by atoms with Gasteiger partial charge in [-0.25, -0.2) is 4.79 Å². The Morgan fingerprint density at radius 1 is 0.974 bits per heavy atom. The number of nitrogens with zero attached hydrogens (tertiary/aromatic N) is 3. The van der Waals surface area contributed by atoms with Crippen molar-refractivity contribution < 1.29 is 9.59 Å². The lowest BCUT2D eigenvalue weighted by molar-refractivity contribution is 0.103. The molecule has 38 heavy (non-hydrogen) atoms. The molecule has 0 saturated carbocycles. The monoisotopic (exact) mass is 509 g/mol. The summed E-state index contributed by atoms with van der Waals surface area (Å²) in [5, 5.41) is 7.40. The van der Waals surface area contributed by atoms with E-state index in [0.29, 0.717) is 11.1 Å². The molecule has 3 aromatic rings. The van der Waals surface area contributed by atoms with Gasteiger partial charge in [0.15, 0.2) is 5.78 Å². The normalized spacial score (nSPS) is 16.2. The zero-order chi connectivity index (χ0) is 26.5. The molecule has 0 radical (unpaired) electrons. The lowest BCUT2D eigenvalue weighted by Gasteiger charge is -2.23. The summed E-state index contributed by atoms with van der Waals surface area (Å²) in [6.07, 6.45) is 16.2. The van der Waals surface area contributed by atoms with Gasteiger partial charge in [0.05, 0.1) is 5.52 Å². The van der Waals surface area contributed by atoms with Gasteiger partial charge in [-0.2, -0.15) is 0 Å². The van der Waals surface area contributed by atoms with Crippen molar-refractivity contribution in [3.05, 3.63) is 95.7 Å². The third-order valence-corrected chi connectivity index (χ3v) is 7.24. The minimum absolute atomic E-state index is 0.0265. The van der Waals surface area contributed by atoms with E-state index in [9.17, 15) is 9.59 Å². The van der Waals surface area contributed by atoms with Crippen molar-refractivity contribution in [3.63, 3.8) is 0 Å². The lowest BCUT2D eigenvalue weighted by Crippen LogP contribution is -2.36. The number of dihydropyridines is 1. The number of hydrogen-bond donors (Lipinski definition) is 2. The highest BCUT2D eigenvalue weighted by atomic mass is 16.2. The van der Waals surface area contributed by atoms with E-state index in [1.807, 2.05) is 59.8 Å². The van der Waals surface area contributed by atoms with Gasteiger partial charge in [0.1, 0.15) is 6.17 Å². The van der Waals surface area contributed by atoms with Crippen molar-refractivity contribution in [3.8, 4) is 0 Å². The van der Waals surface area contributed by atoms with E-state index in [1.165, 1.54) is 0 Å². The number of rotatable bonds is 10. The number of carbonyl (C=O) groups excluding carboxylic acids is 2. The number of amides is 1. The van der Waals surface area contributed by atoms with Crippen LogP contribution in [0.1, 0.15) is 61.9 Å². The summed E-state index contributed by atoms with van der Waals surface area (Å²) < 4.78 is 1.70. The molecule has 1 aromatic carbocycles. The van der Waals surface area contributed by atoms with Crippen molar-refractivity contribution in [2.75, 3.05) is 13.1 Å². The van der Waals surface area contributed by atoms with Gasteiger partial charge in [0.2, 0.25) is 0 Å². The zero-order valence-corrected chi connectivity index (χ0v) is 22.1. The number of aromatic nitrogens is 2. The Bertz CT molecular complexity index is 1420. The lowest BCUT2D eigenvalue weighted by atomic mass is 9.92. The van der Waals surface area contributed by atoms with Gasteiger partial charge in [0, 0.05) is 71.7 Å². The largest absolute Gasteiger partial charge is 0.367 e. The first-order chi connectivity index (χ1) is 18.6. The number of unbranched alkanes of at least 4 members (excludes halogenated alkanes) is 3. The molecule has 1 amide bonds. The highest BCUT2D eigenvalue weighted by molar-refractivity contribution is 6.19. The van der Waals surface area contributed by atoms with Crippen molar-refractivity contribution in [1.29, 1.82) is 0 Å². The highest BCUT2D eigenvalue weighted by Gasteiger charge is 2.31. The molecule has 7 nitrogen and oxygen atoms in total. The molecule has 2 N–H and O–H groups in total. The Morgan fingerprint density at radius 2 is 1.79 bits per heavy atom. The standard InChI is InChI=1S/C31H35N5O2/c1-3-5-7-16-35(15-6-4-2)31(38)36-17-13-24-25(11-8-12-28(24)36)29(37)27-21-34-30-26(27)18-23(20-33-30)22-10-9-14-32-19-22/h8-14,17-21,30,33-34H,3-7,15-16H2,1-2H3. The Labute approximate surface area is 223 Å². The van der Waals surface area contributed by atoms with Crippen LogP contribution in [0.4, 0.5) is 4.79 Å². The molecular formula is C31H35N5O2. The summed E-state index contributed by atoms with van der Waals surface area (Å²) in [6.45, 7) is 5.80. The SMILES string of the molecule is CCCCCN(CCCC)C(=O)n1ccc2c(C(=O)C3=CNC4NC=C(c5cccnc5)C=C34)cccc21. The van der Waals surface area contributed by atoms with E-state index in [1.54, 1.807) is 23.2 Å². The molecule has 1 unspecified atom stereocenters. The predicted molar refractivity (Wildman–Crippen MR) is 152 cm³/mol. The van der Waals surface area contributed by atoms with Crippen molar-refractivity contribution in [2.45, 2.75) is 52.1 Å². The van der Waals surface area contributed by atoms with Crippen LogP contribution in [0.2, 0.25) is 0 Å². The maximum Gasteiger partial charge on any atom is 0.328 e. The number of ketones is 1. The number of benzene rings is 1. The predicted octanol–water partition coefficient (Wildman–Crippen LogP) is 5.86. The number of fused-ring (bicyclic) bond motifs is 2. The molecule has 1 atom stereocenters. The van der Waals surface area contributed by atoms with Crippen LogP contribution in [0, 0.1) is 0 Å². The van der Waals surface area contributed by atoms with Crippen LogP contribution >= 0.6 is 0 Å². The summed E-state index contributed by atoms with van der Waals surface area (Å²) in [6, 6.07) is 11.4. The molecule has 0 spiro atoms.